The summed E-state index contributed by atoms with van der Waals surface area (Å²) in [5.41, 5.74) is 14.8. The largest absolute Gasteiger partial charge is 0.457 e. The molecule has 0 unspecified atom stereocenters. The Morgan fingerprint density at radius 2 is 1.33 bits per heavy atom. The van der Waals surface area contributed by atoms with Gasteiger partial charge < -0.3 is 20.8 Å². The molecule has 0 aliphatic carbocycles. The Kier molecular flexibility index (Phi) is 4.22. The Morgan fingerprint density at radius 3 is 2.00 bits per heavy atom. The molecule has 0 radical (unpaired) electrons. The number of aromatic nitrogens is 3. The Bertz CT molecular complexity index is 1090. The van der Waals surface area contributed by atoms with Gasteiger partial charge in [-0.3, -0.25) is 0 Å². The Balaban J connectivity index is 1.65. The lowest BCUT2D eigenvalue weighted by atomic mass is 10.1. The fraction of sp³-hybridized carbons (Fsp3) is 0.0476. The van der Waals surface area contributed by atoms with E-state index in [9.17, 15) is 0 Å². The van der Waals surface area contributed by atoms with Gasteiger partial charge in [0.1, 0.15) is 11.5 Å². The molecule has 0 bridgehead atoms. The number of anilines is 2. The number of ether oxygens (including phenoxy) is 1. The number of nitrogen functional groups attached to an aromatic ring is 2. The van der Waals surface area contributed by atoms with Crippen molar-refractivity contribution in [3.63, 3.8) is 0 Å². The average Bonchev–Trinajstić information content (AvgIpc) is 3.05. The van der Waals surface area contributed by atoms with E-state index in [1.54, 1.807) is 12.1 Å². The molecule has 0 saturated heterocycles. The van der Waals surface area contributed by atoms with Crippen molar-refractivity contribution in [2.45, 2.75) is 0 Å². The maximum absolute atomic E-state index is 5.91. The first-order valence-corrected chi connectivity index (χ1v) is 8.49. The smallest absolute Gasteiger partial charge is 0.164 e. The number of nitrogens with two attached hydrogens (primary N) is 2. The highest BCUT2D eigenvalue weighted by Crippen LogP contribution is 2.29. The number of nitrogens with zero attached hydrogens (tertiary/aromatic N) is 3. The SMILES string of the molecule is Cn1c(-c2cccc(N)c2)nnc1-c1cccc(Oc2ccc(N)cc2)c1. The lowest BCUT2D eigenvalue weighted by Crippen LogP contribution is -1.96. The van der Waals surface area contributed by atoms with Gasteiger partial charge >= 0.3 is 0 Å². The van der Waals surface area contributed by atoms with Crippen LogP contribution in [0.25, 0.3) is 22.8 Å². The van der Waals surface area contributed by atoms with Crippen LogP contribution < -0.4 is 16.2 Å². The van der Waals surface area contributed by atoms with Crippen molar-refractivity contribution in [3.05, 3.63) is 72.8 Å². The lowest BCUT2D eigenvalue weighted by molar-refractivity contribution is 0.483. The molecule has 6 nitrogen and oxygen atoms in total. The standard InChI is InChI=1S/C21H19N5O/c1-26-20(14-4-2-6-17(23)12-14)24-25-21(26)15-5-3-7-19(13-15)27-18-10-8-16(22)9-11-18/h2-13H,22-23H2,1H3. The molecule has 0 atom stereocenters. The van der Waals surface area contributed by atoms with E-state index >= 15 is 0 Å². The van der Waals surface area contributed by atoms with Gasteiger partial charge in [-0.15, -0.1) is 10.2 Å². The highest BCUT2D eigenvalue weighted by atomic mass is 16.5. The maximum Gasteiger partial charge on any atom is 0.164 e. The van der Waals surface area contributed by atoms with Gasteiger partial charge in [0.2, 0.25) is 0 Å². The number of hydrogen-bond acceptors (Lipinski definition) is 5. The summed E-state index contributed by atoms with van der Waals surface area (Å²) in [6, 6.07) is 22.6. The highest BCUT2D eigenvalue weighted by molar-refractivity contribution is 5.66. The van der Waals surface area contributed by atoms with Crippen molar-refractivity contribution in [1.29, 1.82) is 0 Å². The first-order valence-electron chi connectivity index (χ1n) is 8.49. The molecule has 134 valence electrons. The summed E-state index contributed by atoms with van der Waals surface area (Å²) in [7, 11) is 1.93. The van der Waals surface area contributed by atoms with Crippen molar-refractivity contribution >= 4 is 11.4 Å². The second kappa shape index (κ2) is 6.84. The summed E-state index contributed by atoms with van der Waals surface area (Å²) < 4.78 is 7.85. The first-order chi connectivity index (χ1) is 13.1. The van der Waals surface area contributed by atoms with E-state index in [4.69, 9.17) is 16.2 Å². The quantitative estimate of drug-likeness (QED) is 0.536. The van der Waals surface area contributed by atoms with Crippen molar-refractivity contribution in [2.75, 3.05) is 11.5 Å². The van der Waals surface area contributed by atoms with Crippen molar-refractivity contribution in [2.24, 2.45) is 7.05 Å². The molecule has 0 fully saturated rings. The maximum atomic E-state index is 5.91. The van der Waals surface area contributed by atoms with E-state index in [1.165, 1.54) is 0 Å². The summed E-state index contributed by atoms with van der Waals surface area (Å²) in [5.74, 6) is 2.93. The third-order valence-corrected chi connectivity index (χ3v) is 4.23. The van der Waals surface area contributed by atoms with Crippen LogP contribution in [0.3, 0.4) is 0 Å². The monoisotopic (exact) mass is 357 g/mol. The summed E-state index contributed by atoms with van der Waals surface area (Å²) in [5, 5.41) is 8.68. The molecule has 4 aromatic rings. The van der Waals surface area contributed by atoms with Crippen LogP contribution in [0.2, 0.25) is 0 Å². The second-order valence-corrected chi connectivity index (χ2v) is 6.23. The molecule has 3 aromatic carbocycles. The lowest BCUT2D eigenvalue weighted by Gasteiger charge is -2.08. The third kappa shape index (κ3) is 3.46. The van der Waals surface area contributed by atoms with Crippen molar-refractivity contribution in [3.8, 4) is 34.3 Å². The minimum Gasteiger partial charge on any atom is -0.457 e. The van der Waals surface area contributed by atoms with Crippen LogP contribution in [0.5, 0.6) is 11.5 Å². The van der Waals surface area contributed by atoms with Crippen LogP contribution in [0.1, 0.15) is 0 Å². The number of benzene rings is 3. The minimum absolute atomic E-state index is 0.691. The zero-order valence-corrected chi connectivity index (χ0v) is 14.8. The van der Waals surface area contributed by atoms with E-state index in [-0.39, 0.29) is 0 Å². The zero-order chi connectivity index (χ0) is 18.8. The molecule has 0 aliphatic heterocycles. The van der Waals surface area contributed by atoms with E-state index in [2.05, 4.69) is 10.2 Å². The summed E-state index contributed by atoms with van der Waals surface area (Å²) in [6.45, 7) is 0. The van der Waals surface area contributed by atoms with Gasteiger partial charge in [0.05, 0.1) is 0 Å². The Labute approximate surface area is 157 Å². The van der Waals surface area contributed by atoms with Crippen LogP contribution in [0.15, 0.2) is 72.8 Å². The van der Waals surface area contributed by atoms with Gasteiger partial charge in [0, 0.05) is 29.5 Å². The number of hydrogen-bond donors (Lipinski definition) is 2. The third-order valence-electron chi connectivity index (χ3n) is 4.23. The fourth-order valence-electron chi connectivity index (χ4n) is 2.88. The van der Waals surface area contributed by atoms with Crippen LogP contribution in [0.4, 0.5) is 11.4 Å². The van der Waals surface area contributed by atoms with E-state index in [1.807, 2.05) is 72.3 Å². The van der Waals surface area contributed by atoms with Gasteiger partial charge in [-0.1, -0.05) is 24.3 Å². The van der Waals surface area contributed by atoms with E-state index in [0.717, 1.165) is 28.5 Å². The molecule has 27 heavy (non-hydrogen) atoms. The Morgan fingerprint density at radius 1 is 0.704 bits per heavy atom. The topological polar surface area (TPSA) is 92.0 Å². The molecule has 4 N–H and O–H groups in total. The molecule has 1 aromatic heterocycles. The molecule has 6 heteroatoms. The molecule has 0 saturated carbocycles. The minimum atomic E-state index is 0.691. The summed E-state index contributed by atoms with van der Waals surface area (Å²) >= 11 is 0. The van der Waals surface area contributed by atoms with Gasteiger partial charge in [-0.25, -0.2) is 0 Å². The average molecular weight is 357 g/mol. The predicted molar refractivity (Wildman–Crippen MR) is 107 cm³/mol. The van der Waals surface area contributed by atoms with E-state index < -0.39 is 0 Å². The van der Waals surface area contributed by atoms with Gasteiger partial charge in [-0.2, -0.15) is 0 Å². The fourth-order valence-corrected chi connectivity index (χ4v) is 2.88. The van der Waals surface area contributed by atoms with Crippen molar-refractivity contribution in [1.82, 2.24) is 14.8 Å². The molecule has 1 heterocycles. The molecular formula is C21H19N5O. The van der Waals surface area contributed by atoms with Crippen LogP contribution in [-0.2, 0) is 7.05 Å². The highest BCUT2D eigenvalue weighted by Gasteiger charge is 2.13. The van der Waals surface area contributed by atoms with Gasteiger partial charge in [0.15, 0.2) is 11.6 Å². The molecule has 0 aliphatic rings. The predicted octanol–water partition coefficient (Wildman–Crippen LogP) is 4.11. The second-order valence-electron chi connectivity index (χ2n) is 6.23. The van der Waals surface area contributed by atoms with E-state index in [0.29, 0.717) is 17.1 Å². The van der Waals surface area contributed by atoms with Crippen LogP contribution in [-0.4, -0.2) is 14.8 Å². The normalized spacial score (nSPS) is 10.7. The summed E-state index contributed by atoms with van der Waals surface area (Å²) in [4.78, 5) is 0. The summed E-state index contributed by atoms with van der Waals surface area (Å²) in [6.07, 6.45) is 0. The molecular weight excluding hydrogens is 338 g/mol. The first kappa shape index (κ1) is 16.7. The van der Waals surface area contributed by atoms with Crippen molar-refractivity contribution < 1.29 is 4.74 Å². The zero-order valence-electron chi connectivity index (χ0n) is 14.8. The molecule has 4 rings (SSSR count). The van der Waals surface area contributed by atoms with Crippen LogP contribution in [0, 0.1) is 0 Å². The Hall–Kier alpha value is -3.80. The molecule has 0 spiro atoms. The van der Waals surface area contributed by atoms with Gasteiger partial charge in [0.25, 0.3) is 0 Å². The number of rotatable bonds is 4. The van der Waals surface area contributed by atoms with Crippen LogP contribution >= 0.6 is 0 Å². The van der Waals surface area contributed by atoms with Gasteiger partial charge in [-0.05, 0) is 48.5 Å². The molecule has 0 amide bonds.